The molecule has 0 bridgehead atoms. The Hall–Kier alpha value is -1.56. The van der Waals surface area contributed by atoms with E-state index < -0.39 is 0 Å². The molecule has 0 spiro atoms. The van der Waals surface area contributed by atoms with Crippen molar-refractivity contribution in [2.75, 3.05) is 12.4 Å². The highest BCUT2D eigenvalue weighted by atomic mass is 35.5. The summed E-state index contributed by atoms with van der Waals surface area (Å²) >= 11 is 9.37. The van der Waals surface area contributed by atoms with E-state index in [0.29, 0.717) is 5.88 Å². The molecule has 0 saturated carbocycles. The fraction of sp³-hybridized carbons (Fsp3) is 0.133. The lowest BCUT2D eigenvalue weighted by Gasteiger charge is -2.18. The van der Waals surface area contributed by atoms with Crippen LogP contribution in [0.1, 0.15) is 15.8 Å². The van der Waals surface area contributed by atoms with Gasteiger partial charge in [-0.1, -0.05) is 17.7 Å². The largest absolute Gasteiger partial charge is 0.480 e. The molecule has 0 aliphatic heterocycles. The average molecular weight is 337 g/mol. The van der Waals surface area contributed by atoms with E-state index in [4.69, 9.17) is 16.3 Å². The number of halogens is 1. The first-order valence-corrected chi connectivity index (χ1v) is 8.39. The number of nitrogens with zero attached hydrogens (tertiary/aromatic N) is 1. The summed E-state index contributed by atoms with van der Waals surface area (Å²) in [6.45, 7) is 0. The quantitative estimate of drug-likeness (QED) is 0.706. The van der Waals surface area contributed by atoms with Crippen LogP contribution in [0.2, 0.25) is 4.34 Å². The van der Waals surface area contributed by atoms with Crippen molar-refractivity contribution >= 4 is 40.0 Å². The molecule has 0 aliphatic carbocycles. The summed E-state index contributed by atoms with van der Waals surface area (Å²) in [4.78, 5) is 6.61. The first-order chi connectivity index (χ1) is 10.3. The van der Waals surface area contributed by atoms with Crippen molar-refractivity contribution in [3.05, 3.63) is 62.1 Å². The van der Waals surface area contributed by atoms with Gasteiger partial charge in [0.25, 0.3) is 0 Å². The number of methoxy groups -OCH3 is 1. The lowest BCUT2D eigenvalue weighted by atomic mass is 10.2. The minimum atomic E-state index is 0.0422. The third-order valence-corrected chi connectivity index (χ3v) is 5.20. The number of nitrogens with one attached hydrogen (secondary N) is 1. The zero-order valence-corrected chi connectivity index (χ0v) is 13.6. The summed E-state index contributed by atoms with van der Waals surface area (Å²) in [5.41, 5.74) is 0.864. The highest BCUT2D eigenvalue weighted by Gasteiger charge is 2.19. The van der Waals surface area contributed by atoms with Gasteiger partial charge in [-0.2, -0.15) is 0 Å². The Morgan fingerprint density at radius 3 is 2.76 bits per heavy atom. The fourth-order valence-corrected chi connectivity index (χ4v) is 4.04. The summed E-state index contributed by atoms with van der Waals surface area (Å²) in [5, 5.41) is 5.57. The summed E-state index contributed by atoms with van der Waals surface area (Å²) in [7, 11) is 1.62. The van der Waals surface area contributed by atoms with Gasteiger partial charge in [0.15, 0.2) is 0 Å². The lowest BCUT2D eigenvalue weighted by molar-refractivity contribution is 0.399. The van der Waals surface area contributed by atoms with E-state index in [1.54, 1.807) is 36.0 Å². The molecule has 3 rings (SSSR count). The molecule has 6 heteroatoms. The van der Waals surface area contributed by atoms with Crippen LogP contribution in [-0.4, -0.2) is 12.1 Å². The molecule has 1 atom stereocenters. The van der Waals surface area contributed by atoms with Gasteiger partial charge in [0.1, 0.15) is 0 Å². The second kappa shape index (κ2) is 6.47. The van der Waals surface area contributed by atoms with Crippen molar-refractivity contribution in [2.45, 2.75) is 6.04 Å². The molecule has 3 heterocycles. The highest BCUT2D eigenvalue weighted by molar-refractivity contribution is 7.16. The van der Waals surface area contributed by atoms with Crippen LogP contribution >= 0.6 is 34.3 Å². The Labute approximate surface area is 136 Å². The average Bonchev–Trinajstić information content (AvgIpc) is 3.17. The van der Waals surface area contributed by atoms with E-state index in [9.17, 15) is 0 Å². The van der Waals surface area contributed by atoms with Gasteiger partial charge < -0.3 is 10.1 Å². The maximum atomic E-state index is 6.08. The van der Waals surface area contributed by atoms with E-state index in [2.05, 4.69) is 21.7 Å². The van der Waals surface area contributed by atoms with Crippen molar-refractivity contribution in [3.8, 4) is 5.88 Å². The second-order valence-corrected chi connectivity index (χ2v) is 7.02. The molecule has 0 amide bonds. The molecule has 108 valence electrons. The molecule has 21 heavy (non-hydrogen) atoms. The van der Waals surface area contributed by atoms with Gasteiger partial charge in [0, 0.05) is 16.0 Å². The van der Waals surface area contributed by atoms with Crippen molar-refractivity contribution in [3.63, 3.8) is 0 Å². The van der Waals surface area contributed by atoms with Crippen LogP contribution in [0.4, 0.5) is 5.69 Å². The van der Waals surface area contributed by atoms with Gasteiger partial charge in [-0.25, -0.2) is 4.98 Å². The molecular weight excluding hydrogens is 324 g/mol. The van der Waals surface area contributed by atoms with E-state index in [1.807, 2.05) is 30.3 Å². The first-order valence-electron chi connectivity index (χ1n) is 6.32. The molecule has 0 saturated heterocycles. The van der Waals surface area contributed by atoms with Gasteiger partial charge in [-0.3, -0.25) is 0 Å². The number of thiophene rings is 2. The highest BCUT2D eigenvalue weighted by Crippen LogP contribution is 2.36. The Bertz CT molecular complexity index is 712. The summed E-state index contributed by atoms with van der Waals surface area (Å²) < 4.78 is 6.10. The Morgan fingerprint density at radius 1 is 1.19 bits per heavy atom. The van der Waals surface area contributed by atoms with Gasteiger partial charge in [0.2, 0.25) is 5.88 Å². The van der Waals surface area contributed by atoms with Crippen molar-refractivity contribution < 1.29 is 4.74 Å². The van der Waals surface area contributed by atoms with Crippen molar-refractivity contribution in [1.82, 2.24) is 4.98 Å². The predicted octanol–water partition coefficient (Wildman–Crippen LogP) is 5.07. The monoisotopic (exact) mass is 336 g/mol. The molecule has 3 nitrogen and oxygen atoms in total. The minimum absolute atomic E-state index is 0.0422. The van der Waals surface area contributed by atoms with Gasteiger partial charge in [-0.05, 0) is 35.7 Å². The van der Waals surface area contributed by atoms with Crippen LogP contribution in [0.5, 0.6) is 5.88 Å². The number of aromatic nitrogens is 1. The molecule has 1 N–H and O–H groups in total. The Kier molecular flexibility index (Phi) is 4.43. The van der Waals surface area contributed by atoms with Crippen LogP contribution < -0.4 is 10.1 Å². The molecule has 3 aromatic heterocycles. The second-order valence-electron chi connectivity index (χ2n) is 4.29. The topological polar surface area (TPSA) is 34.1 Å². The van der Waals surface area contributed by atoms with E-state index in [1.165, 1.54) is 4.88 Å². The number of anilines is 1. The smallest absolute Gasteiger partial charge is 0.237 e. The Balaban J connectivity index is 1.97. The number of ether oxygens (including phenoxy) is 1. The summed E-state index contributed by atoms with van der Waals surface area (Å²) in [6.07, 6.45) is 1.71. The number of hydrogen-bond donors (Lipinski definition) is 1. The zero-order valence-electron chi connectivity index (χ0n) is 11.2. The van der Waals surface area contributed by atoms with Crippen LogP contribution in [0.15, 0.2) is 48.0 Å². The van der Waals surface area contributed by atoms with Crippen LogP contribution in [-0.2, 0) is 0 Å². The maximum Gasteiger partial charge on any atom is 0.237 e. The fourth-order valence-electron chi connectivity index (χ4n) is 2.04. The molecular formula is C15H13ClN2OS2. The number of hydrogen-bond acceptors (Lipinski definition) is 5. The lowest BCUT2D eigenvalue weighted by Crippen LogP contribution is -2.10. The molecule has 1 unspecified atom stereocenters. The first kappa shape index (κ1) is 14.4. The number of pyridine rings is 1. The predicted molar refractivity (Wildman–Crippen MR) is 89.9 cm³/mol. The van der Waals surface area contributed by atoms with Crippen molar-refractivity contribution in [1.29, 1.82) is 0 Å². The minimum Gasteiger partial charge on any atom is -0.480 e. The standard InChI is InChI=1S/C15H13ClN2OS2/c1-19-15-10(4-2-8-17-15)18-14(11-5-3-9-20-11)12-6-7-13(16)21-12/h2-9,14,18H,1H3. The molecule has 0 aromatic carbocycles. The van der Waals surface area contributed by atoms with Crippen molar-refractivity contribution in [2.24, 2.45) is 0 Å². The van der Waals surface area contributed by atoms with Gasteiger partial charge in [0.05, 0.1) is 23.2 Å². The number of rotatable bonds is 5. The molecule has 0 radical (unpaired) electrons. The van der Waals surface area contributed by atoms with Gasteiger partial charge in [-0.15, -0.1) is 22.7 Å². The van der Waals surface area contributed by atoms with Crippen LogP contribution in [0.25, 0.3) is 0 Å². The zero-order chi connectivity index (χ0) is 14.7. The van der Waals surface area contributed by atoms with Gasteiger partial charge >= 0.3 is 0 Å². The maximum absolute atomic E-state index is 6.08. The Morgan fingerprint density at radius 2 is 2.10 bits per heavy atom. The van der Waals surface area contributed by atoms with E-state index >= 15 is 0 Å². The summed E-state index contributed by atoms with van der Waals surface area (Å²) in [6, 6.07) is 12.0. The SMILES string of the molecule is COc1ncccc1NC(c1cccs1)c1ccc(Cl)s1. The molecule has 0 aliphatic rings. The van der Waals surface area contributed by atoms with Crippen LogP contribution in [0, 0.1) is 0 Å². The molecule has 3 aromatic rings. The van der Waals surface area contributed by atoms with Crippen LogP contribution in [0.3, 0.4) is 0 Å². The summed E-state index contributed by atoms with van der Waals surface area (Å²) in [5.74, 6) is 0.585. The van der Waals surface area contributed by atoms with E-state index in [0.717, 1.165) is 14.9 Å². The third kappa shape index (κ3) is 3.20. The van der Waals surface area contributed by atoms with E-state index in [-0.39, 0.29) is 6.04 Å². The molecule has 0 fully saturated rings. The third-order valence-electron chi connectivity index (χ3n) is 2.97. The normalized spacial score (nSPS) is 12.1.